The van der Waals surface area contributed by atoms with E-state index in [1.54, 1.807) is 6.08 Å². The largest absolute Gasteiger partial charge is 0.394 e. The SMILES string of the molecule is CCCCCCCCC/C=C/[C@@H](O)[C@H](CO[C@@H]1O[C@H](CO)[C@@H](O)C(O)C1O)NC(=O)CCCCCCCCCCCCCCCCCCCCC. The molecule has 2 unspecified atom stereocenters. The average molecular weight is 728 g/mol. The van der Waals surface area contributed by atoms with Gasteiger partial charge >= 0.3 is 0 Å². The minimum atomic E-state index is -1.56. The van der Waals surface area contributed by atoms with Crippen molar-refractivity contribution in [2.45, 2.75) is 236 Å². The molecule has 0 aromatic rings. The number of amides is 1. The predicted molar refractivity (Wildman–Crippen MR) is 207 cm³/mol. The summed E-state index contributed by atoms with van der Waals surface area (Å²) in [6, 6.07) is -0.796. The van der Waals surface area contributed by atoms with Crippen molar-refractivity contribution < 1.29 is 39.8 Å². The summed E-state index contributed by atoms with van der Waals surface area (Å²) in [4.78, 5) is 12.9. The fourth-order valence-electron chi connectivity index (χ4n) is 6.86. The summed E-state index contributed by atoms with van der Waals surface area (Å²) in [7, 11) is 0. The number of hydrogen-bond acceptors (Lipinski definition) is 8. The maximum absolute atomic E-state index is 12.9. The second kappa shape index (κ2) is 33.5. The van der Waals surface area contributed by atoms with Gasteiger partial charge in [0.2, 0.25) is 5.91 Å². The number of nitrogens with one attached hydrogen (secondary N) is 1. The third-order valence-corrected chi connectivity index (χ3v) is 10.4. The summed E-state index contributed by atoms with van der Waals surface area (Å²) >= 11 is 0. The summed E-state index contributed by atoms with van der Waals surface area (Å²) in [6.45, 7) is 3.74. The fraction of sp³-hybridized carbons (Fsp3) is 0.929. The first-order chi connectivity index (χ1) is 24.8. The van der Waals surface area contributed by atoms with Gasteiger partial charge in [-0.3, -0.25) is 4.79 Å². The van der Waals surface area contributed by atoms with Crippen LogP contribution >= 0.6 is 0 Å². The molecular formula is C42H81NO8. The molecule has 1 fully saturated rings. The number of aliphatic hydroxyl groups is 5. The molecule has 0 aromatic heterocycles. The molecule has 9 nitrogen and oxygen atoms in total. The first kappa shape index (κ1) is 48.0. The van der Waals surface area contributed by atoms with E-state index in [-0.39, 0.29) is 12.5 Å². The second-order valence-electron chi connectivity index (χ2n) is 15.1. The number of aliphatic hydroxyl groups excluding tert-OH is 5. The van der Waals surface area contributed by atoms with Gasteiger partial charge in [0.1, 0.15) is 24.4 Å². The fourth-order valence-corrected chi connectivity index (χ4v) is 6.86. The normalized spacial score (nSPS) is 22.1. The van der Waals surface area contributed by atoms with Gasteiger partial charge in [-0.05, 0) is 19.3 Å². The first-order valence-corrected chi connectivity index (χ1v) is 21.4. The van der Waals surface area contributed by atoms with E-state index in [0.717, 1.165) is 38.5 Å². The van der Waals surface area contributed by atoms with Crippen LogP contribution in [0.1, 0.15) is 194 Å². The highest BCUT2D eigenvalue weighted by Gasteiger charge is 2.44. The van der Waals surface area contributed by atoms with Crippen molar-refractivity contribution in [3.8, 4) is 0 Å². The third-order valence-electron chi connectivity index (χ3n) is 10.4. The Bertz CT molecular complexity index is 812. The van der Waals surface area contributed by atoms with Gasteiger partial charge in [-0.25, -0.2) is 0 Å². The first-order valence-electron chi connectivity index (χ1n) is 21.4. The zero-order valence-corrected chi connectivity index (χ0v) is 32.9. The topological polar surface area (TPSA) is 149 Å². The molecule has 0 bridgehead atoms. The Labute approximate surface area is 312 Å². The zero-order chi connectivity index (χ0) is 37.4. The Hall–Kier alpha value is -1.07. The highest BCUT2D eigenvalue weighted by molar-refractivity contribution is 5.76. The Morgan fingerprint density at radius 2 is 1.08 bits per heavy atom. The van der Waals surface area contributed by atoms with Gasteiger partial charge in [-0.15, -0.1) is 0 Å². The molecule has 0 radical (unpaired) electrons. The van der Waals surface area contributed by atoms with Gasteiger partial charge in [0.25, 0.3) is 0 Å². The zero-order valence-electron chi connectivity index (χ0n) is 32.9. The van der Waals surface area contributed by atoms with Gasteiger partial charge in [-0.1, -0.05) is 180 Å². The van der Waals surface area contributed by atoms with Gasteiger partial charge in [0.15, 0.2) is 6.29 Å². The second-order valence-corrected chi connectivity index (χ2v) is 15.1. The van der Waals surface area contributed by atoms with E-state index in [1.165, 1.54) is 135 Å². The van der Waals surface area contributed by atoms with Crippen molar-refractivity contribution >= 4 is 5.91 Å². The maximum Gasteiger partial charge on any atom is 0.220 e. The Balaban J connectivity index is 2.30. The van der Waals surface area contributed by atoms with Crippen LogP contribution in [0.4, 0.5) is 0 Å². The lowest BCUT2D eigenvalue weighted by Crippen LogP contribution is -2.60. The number of allylic oxidation sites excluding steroid dienone is 1. The Morgan fingerprint density at radius 3 is 1.53 bits per heavy atom. The lowest BCUT2D eigenvalue weighted by atomic mass is 9.99. The van der Waals surface area contributed by atoms with Gasteiger partial charge in [-0.2, -0.15) is 0 Å². The van der Waals surface area contributed by atoms with Crippen LogP contribution in [-0.4, -0.2) is 87.5 Å². The maximum atomic E-state index is 12.9. The van der Waals surface area contributed by atoms with Gasteiger partial charge < -0.3 is 40.3 Å². The van der Waals surface area contributed by atoms with Gasteiger partial charge in [0.05, 0.1) is 25.4 Å². The van der Waals surface area contributed by atoms with Gasteiger partial charge in [0, 0.05) is 6.42 Å². The van der Waals surface area contributed by atoms with Crippen LogP contribution in [0.15, 0.2) is 12.2 Å². The number of ether oxygens (including phenoxy) is 2. The van der Waals surface area contributed by atoms with Crippen molar-refractivity contribution in [1.82, 2.24) is 5.32 Å². The molecule has 1 amide bonds. The molecule has 1 rings (SSSR count). The quantitative estimate of drug-likeness (QED) is 0.0283. The highest BCUT2D eigenvalue weighted by Crippen LogP contribution is 2.22. The molecule has 1 aliphatic heterocycles. The van der Waals surface area contributed by atoms with Crippen molar-refractivity contribution in [3.63, 3.8) is 0 Å². The summed E-state index contributed by atoms with van der Waals surface area (Å²) < 4.78 is 11.2. The molecule has 51 heavy (non-hydrogen) atoms. The molecule has 7 atom stereocenters. The minimum absolute atomic E-state index is 0.177. The minimum Gasteiger partial charge on any atom is -0.394 e. The van der Waals surface area contributed by atoms with Crippen molar-refractivity contribution in [1.29, 1.82) is 0 Å². The lowest BCUT2D eigenvalue weighted by molar-refractivity contribution is -0.302. The number of carbonyl (C=O) groups is 1. The van der Waals surface area contributed by atoms with Crippen LogP contribution in [0.3, 0.4) is 0 Å². The molecule has 0 aliphatic carbocycles. The van der Waals surface area contributed by atoms with E-state index in [4.69, 9.17) is 9.47 Å². The van der Waals surface area contributed by atoms with E-state index in [0.29, 0.717) is 6.42 Å². The summed E-state index contributed by atoms with van der Waals surface area (Å²) in [5.41, 5.74) is 0. The third kappa shape index (κ3) is 24.8. The molecule has 0 spiro atoms. The van der Waals surface area contributed by atoms with E-state index in [9.17, 15) is 30.3 Å². The molecular weight excluding hydrogens is 646 g/mol. The standard InChI is InChI=1S/C42H81NO8/c1-3-5-7-9-11-13-14-15-16-17-18-19-20-21-22-24-26-28-30-32-38(46)43-35(36(45)31-29-27-25-23-12-10-8-6-4-2)34-50-42-41(49)40(48)39(47)37(33-44)51-42/h29,31,35-37,39-42,44-45,47-49H,3-28,30,32-34H2,1-2H3,(H,43,46)/b31-29+/t35-,36+,37+,39+,40?,41?,42+/m0/s1. The van der Waals surface area contributed by atoms with Crippen LogP contribution in [0, 0.1) is 0 Å². The predicted octanol–water partition coefficient (Wildman–Crippen LogP) is 8.17. The molecule has 1 heterocycles. The summed E-state index contributed by atoms with van der Waals surface area (Å²) in [5, 5.41) is 53.9. The lowest BCUT2D eigenvalue weighted by Gasteiger charge is -2.40. The van der Waals surface area contributed by atoms with Crippen LogP contribution in [0.2, 0.25) is 0 Å². The molecule has 6 N–H and O–H groups in total. The summed E-state index contributed by atoms with van der Waals surface area (Å²) in [6.07, 6.45) is 29.8. The monoisotopic (exact) mass is 728 g/mol. The molecule has 302 valence electrons. The average Bonchev–Trinajstić information content (AvgIpc) is 3.13. The van der Waals surface area contributed by atoms with E-state index in [2.05, 4.69) is 19.2 Å². The molecule has 1 aliphatic rings. The van der Waals surface area contributed by atoms with Crippen LogP contribution < -0.4 is 5.32 Å². The molecule has 9 heteroatoms. The summed E-state index contributed by atoms with van der Waals surface area (Å²) in [5.74, 6) is -0.177. The van der Waals surface area contributed by atoms with Crippen molar-refractivity contribution in [2.24, 2.45) is 0 Å². The van der Waals surface area contributed by atoms with E-state index >= 15 is 0 Å². The number of hydrogen-bond donors (Lipinski definition) is 6. The van der Waals surface area contributed by atoms with Crippen LogP contribution in [0.5, 0.6) is 0 Å². The number of unbranched alkanes of at least 4 members (excludes halogenated alkanes) is 25. The number of rotatable bonds is 35. The Kier molecular flexibility index (Phi) is 31.5. The smallest absolute Gasteiger partial charge is 0.220 e. The molecule has 1 saturated heterocycles. The molecule has 0 saturated carbocycles. The highest BCUT2D eigenvalue weighted by atomic mass is 16.7. The van der Waals surface area contributed by atoms with Crippen molar-refractivity contribution in [2.75, 3.05) is 13.2 Å². The van der Waals surface area contributed by atoms with Crippen LogP contribution in [0.25, 0.3) is 0 Å². The van der Waals surface area contributed by atoms with E-state index in [1.807, 2.05) is 6.08 Å². The van der Waals surface area contributed by atoms with E-state index < -0.39 is 49.5 Å². The Morgan fingerprint density at radius 1 is 0.647 bits per heavy atom. The number of carbonyl (C=O) groups excluding carboxylic acids is 1. The molecule has 0 aromatic carbocycles. The van der Waals surface area contributed by atoms with Crippen molar-refractivity contribution in [3.05, 3.63) is 12.2 Å². The van der Waals surface area contributed by atoms with Crippen LogP contribution in [-0.2, 0) is 14.3 Å².